The SMILES string of the molecule is COc1ccc2c(-c3ncc(NC(=O)C(F)(F)F)o3)cccc2c1C(F)(F)F. The van der Waals surface area contributed by atoms with Crippen molar-refractivity contribution in [2.75, 3.05) is 12.4 Å². The number of rotatable bonds is 3. The minimum absolute atomic E-state index is 0.0890. The molecule has 28 heavy (non-hydrogen) atoms. The van der Waals surface area contributed by atoms with Crippen LogP contribution in [0.4, 0.5) is 32.2 Å². The molecular formula is C17H10F6N2O3. The fourth-order valence-electron chi connectivity index (χ4n) is 2.63. The summed E-state index contributed by atoms with van der Waals surface area (Å²) in [5.41, 5.74) is -0.912. The van der Waals surface area contributed by atoms with Gasteiger partial charge in [0.1, 0.15) is 11.3 Å². The van der Waals surface area contributed by atoms with Crippen LogP contribution >= 0.6 is 0 Å². The van der Waals surface area contributed by atoms with Crippen molar-refractivity contribution in [2.45, 2.75) is 12.4 Å². The molecule has 1 N–H and O–H groups in total. The van der Waals surface area contributed by atoms with Gasteiger partial charge in [-0.3, -0.25) is 10.1 Å². The Morgan fingerprint density at radius 3 is 2.39 bits per heavy atom. The van der Waals surface area contributed by atoms with E-state index in [-0.39, 0.29) is 28.0 Å². The summed E-state index contributed by atoms with van der Waals surface area (Å²) in [6.07, 6.45) is -9.03. The molecule has 1 heterocycles. The normalized spacial score (nSPS) is 12.2. The van der Waals surface area contributed by atoms with Crippen LogP contribution in [0.5, 0.6) is 5.75 Å². The first-order valence-electron chi connectivity index (χ1n) is 7.53. The minimum Gasteiger partial charge on any atom is -0.496 e. The molecule has 0 radical (unpaired) electrons. The van der Waals surface area contributed by atoms with E-state index in [9.17, 15) is 31.1 Å². The second-order valence-corrected chi connectivity index (χ2v) is 5.52. The monoisotopic (exact) mass is 404 g/mol. The maximum atomic E-state index is 13.5. The number of hydrogen-bond acceptors (Lipinski definition) is 4. The molecule has 0 aliphatic heterocycles. The maximum Gasteiger partial charge on any atom is 0.471 e. The van der Waals surface area contributed by atoms with Gasteiger partial charge in [0.2, 0.25) is 11.8 Å². The maximum absolute atomic E-state index is 13.5. The van der Waals surface area contributed by atoms with Crippen LogP contribution in [0.25, 0.3) is 22.2 Å². The number of benzene rings is 2. The third-order valence-electron chi connectivity index (χ3n) is 3.76. The second kappa shape index (κ2) is 6.73. The Morgan fingerprint density at radius 2 is 1.79 bits per heavy atom. The summed E-state index contributed by atoms with van der Waals surface area (Å²) in [5.74, 6) is -3.51. The molecule has 0 atom stereocenters. The smallest absolute Gasteiger partial charge is 0.471 e. The first-order valence-corrected chi connectivity index (χ1v) is 7.53. The van der Waals surface area contributed by atoms with Crippen LogP contribution < -0.4 is 10.1 Å². The number of amides is 1. The summed E-state index contributed by atoms with van der Waals surface area (Å²) in [5, 5.41) is 1.36. The molecule has 0 bridgehead atoms. The summed E-state index contributed by atoms with van der Waals surface area (Å²) in [4.78, 5) is 14.7. The molecule has 0 spiro atoms. The van der Waals surface area contributed by atoms with E-state index in [1.54, 1.807) is 0 Å². The fourth-order valence-corrected chi connectivity index (χ4v) is 2.63. The molecule has 0 aliphatic carbocycles. The lowest BCUT2D eigenvalue weighted by Gasteiger charge is -2.15. The lowest BCUT2D eigenvalue weighted by Crippen LogP contribution is -2.29. The molecule has 1 amide bonds. The van der Waals surface area contributed by atoms with E-state index < -0.39 is 29.7 Å². The van der Waals surface area contributed by atoms with Crippen molar-refractivity contribution in [3.8, 4) is 17.2 Å². The number of halogens is 6. The van der Waals surface area contributed by atoms with Gasteiger partial charge in [0.25, 0.3) is 0 Å². The highest BCUT2D eigenvalue weighted by molar-refractivity contribution is 5.98. The van der Waals surface area contributed by atoms with Crippen molar-refractivity contribution in [3.05, 3.63) is 42.1 Å². The Labute approximate surface area is 152 Å². The van der Waals surface area contributed by atoms with E-state index in [1.807, 2.05) is 0 Å². The van der Waals surface area contributed by atoms with Crippen molar-refractivity contribution in [2.24, 2.45) is 0 Å². The number of carbonyl (C=O) groups is 1. The fraction of sp³-hybridized carbons (Fsp3) is 0.176. The number of methoxy groups -OCH3 is 1. The number of nitrogens with one attached hydrogen (secondary N) is 1. The zero-order valence-corrected chi connectivity index (χ0v) is 13.9. The Hall–Kier alpha value is -3.24. The van der Waals surface area contributed by atoms with Crippen LogP contribution in [0, 0.1) is 0 Å². The number of hydrogen-bond donors (Lipinski definition) is 1. The quantitative estimate of drug-likeness (QED) is 0.623. The van der Waals surface area contributed by atoms with Gasteiger partial charge in [0.05, 0.1) is 13.3 Å². The Balaban J connectivity index is 2.10. The van der Waals surface area contributed by atoms with Gasteiger partial charge < -0.3 is 9.15 Å². The highest BCUT2D eigenvalue weighted by Crippen LogP contribution is 2.43. The first-order chi connectivity index (χ1) is 13.0. The van der Waals surface area contributed by atoms with Crippen molar-refractivity contribution >= 4 is 22.6 Å². The zero-order valence-electron chi connectivity index (χ0n) is 13.9. The van der Waals surface area contributed by atoms with Gasteiger partial charge in [0.15, 0.2) is 0 Å². The molecule has 1 aromatic heterocycles. The number of ether oxygens (including phenoxy) is 1. The molecule has 0 fully saturated rings. The molecule has 148 valence electrons. The highest BCUT2D eigenvalue weighted by Gasteiger charge is 2.39. The number of oxazole rings is 1. The van der Waals surface area contributed by atoms with Crippen molar-refractivity contribution < 1.29 is 40.3 Å². The van der Waals surface area contributed by atoms with Crippen LogP contribution in [0.2, 0.25) is 0 Å². The summed E-state index contributed by atoms with van der Waals surface area (Å²) in [7, 11) is 1.10. The van der Waals surface area contributed by atoms with Crippen LogP contribution in [-0.2, 0) is 11.0 Å². The van der Waals surface area contributed by atoms with Crippen LogP contribution in [0.1, 0.15) is 5.56 Å². The third kappa shape index (κ3) is 3.59. The predicted octanol–water partition coefficient (Wildman–Crippen LogP) is 5.02. The summed E-state index contributed by atoms with van der Waals surface area (Å²) >= 11 is 0. The molecule has 3 aromatic rings. The molecular weight excluding hydrogens is 394 g/mol. The first kappa shape index (κ1) is 19.5. The van der Waals surface area contributed by atoms with Gasteiger partial charge in [-0.1, -0.05) is 12.1 Å². The van der Waals surface area contributed by atoms with Gasteiger partial charge in [-0.15, -0.1) is 0 Å². The van der Waals surface area contributed by atoms with Gasteiger partial charge >= 0.3 is 18.3 Å². The molecule has 0 saturated heterocycles. The van der Waals surface area contributed by atoms with E-state index in [4.69, 9.17) is 9.15 Å². The summed E-state index contributed by atoms with van der Waals surface area (Å²) < 4.78 is 87.2. The lowest BCUT2D eigenvalue weighted by molar-refractivity contribution is -0.167. The minimum atomic E-state index is -5.13. The Morgan fingerprint density at radius 1 is 1.07 bits per heavy atom. The van der Waals surface area contributed by atoms with Gasteiger partial charge in [-0.25, -0.2) is 4.98 Å². The molecule has 0 unspecified atom stereocenters. The van der Waals surface area contributed by atoms with Crippen LogP contribution in [0.15, 0.2) is 40.9 Å². The molecule has 0 saturated carbocycles. The average molecular weight is 404 g/mol. The number of anilines is 1. The zero-order chi connectivity index (χ0) is 20.7. The van der Waals surface area contributed by atoms with Gasteiger partial charge in [-0.05, 0) is 29.0 Å². The summed E-state index contributed by atoms with van der Waals surface area (Å²) in [6, 6.07) is 6.38. The van der Waals surface area contributed by atoms with Crippen LogP contribution in [-0.4, -0.2) is 24.2 Å². The number of fused-ring (bicyclic) bond motifs is 1. The molecule has 3 rings (SSSR count). The molecule has 5 nitrogen and oxygen atoms in total. The average Bonchev–Trinajstić information content (AvgIpc) is 3.06. The summed E-state index contributed by atoms with van der Waals surface area (Å²) in [6.45, 7) is 0. The lowest BCUT2D eigenvalue weighted by atomic mass is 9.98. The number of aromatic nitrogens is 1. The molecule has 11 heteroatoms. The van der Waals surface area contributed by atoms with E-state index >= 15 is 0 Å². The predicted molar refractivity (Wildman–Crippen MR) is 85.7 cm³/mol. The van der Waals surface area contributed by atoms with E-state index in [0.717, 1.165) is 19.4 Å². The standard InChI is InChI=1S/C17H10F6N2O3/c1-27-11-6-5-8-9(13(11)16(18,19)20)3-2-4-10(8)14-24-7-12(28-14)25-15(26)17(21,22)23/h2-7H,1H3,(H,25,26). The van der Waals surface area contributed by atoms with Crippen LogP contribution in [0.3, 0.4) is 0 Å². The molecule has 2 aromatic carbocycles. The molecule has 0 aliphatic rings. The van der Waals surface area contributed by atoms with E-state index in [1.165, 1.54) is 29.6 Å². The van der Waals surface area contributed by atoms with E-state index in [0.29, 0.717) is 0 Å². The number of alkyl halides is 6. The van der Waals surface area contributed by atoms with Crippen molar-refractivity contribution in [1.82, 2.24) is 4.98 Å². The van der Waals surface area contributed by atoms with Gasteiger partial charge in [-0.2, -0.15) is 26.3 Å². The second-order valence-electron chi connectivity index (χ2n) is 5.52. The third-order valence-corrected chi connectivity index (χ3v) is 3.76. The van der Waals surface area contributed by atoms with Gasteiger partial charge in [0, 0.05) is 5.56 Å². The van der Waals surface area contributed by atoms with E-state index in [2.05, 4.69) is 4.98 Å². The van der Waals surface area contributed by atoms with Crippen molar-refractivity contribution in [3.63, 3.8) is 0 Å². The number of carbonyl (C=O) groups excluding carboxylic acids is 1. The number of nitrogens with zero attached hydrogens (tertiary/aromatic N) is 1. The largest absolute Gasteiger partial charge is 0.496 e. The Bertz CT molecular complexity index is 1040. The Kier molecular flexibility index (Phi) is 4.69. The topological polar surface area (TPSA) is 64.4 Å². The van der Waals surface area contributed by atoms with Crippen molar-refractivity contribution in [1.29, 1.82) is 0 Å². The highest BCUT2D eigenvalue weighted by atomic mass is 19.4.